The second-order valence-electron chi connectivity index (χ2n) is 11.6. The van der Waals surface area contributed by atoms with E-state index in [4.69, 9.17) is 0 Å². The molecule has 0 spiro atoms. The van der Waals surface area contributed by atoms with Gasteiger partial charge < -0.3 is 25.1 Å². The van der Waals surface area contributed by atoms with Crippen molar-refractivity contribution >= 4 is 23.7 Å². The van der Waals surface area contributed by atoms with Crippen LogP contribution in [0.15, 0.2) is 42.6 Å². The number of carbonyl (C=O) groups is 3. The number of nitrogens with zero attached hydrogens (tertiary/aromatic N) is 6. The van der Waals surface area contributed by atoms with Crippen molar-refractivity contribution in [2.24, 2.45) is 5.92 Å². The number of fused-ring (bicyclic) bond motifs is 1. The smallest absolute Gasteiger partial charge is 0.333 e. The zero-order valence-electron chi connectivity index (χ0n) is 24.2. The lowest BCUT2D eigenvalue weighted by atomic mass is 9.89. The summed E-state index contributed by atoms with van der Waals surface area (Å²) in [4.78, 5) is 51.0. The topological polar surface area (TPSA) is 113 Å². The van der Waals surface area contributed by atoms with E-state index in [1.54, 1.807) is 57.3 Å². The number of hydrogen-bond donors (Lipinski definition) is 2. The first-order valence-electron chi connectivity index (χ1n) is 14.5. The van der Waals surface area contributed by atoms with E-state index in [1.165, 1.54) is 19.3 Å². The van der Waals surface area contributed by atoms with Gasteiger partial charge in [0.1, 0.15) is 23.8 Å². The quantitative estimate of drug-likeness (QED) is 0.532. The number of phenols is 1. The summed E-state index contributed by atoms with van der Waals surface area (Å²) in [5.41, 5.74) is 1.70. The second kappa shape index (κ2) is 12.3. The molecule has 0 bridgehead atoms. The molecule has 2 aliphatic heterocycles. The predicted molar refractivity (Wildman–Crippen MR) is 155 cm³/mol. The molecule has 41 heavy (non-hydrogen) atoms. The third-order valence-corrected chi connectivity index (χ3v) is 8.43. The van der Waals surface area contributed by atoms with Crippen LogP contribution in [0.5, 0.6) is 5.75 Å². The number of amides is 4. The van der Waals surface area contributed by atoms with E-state index in [0.717, 1.165) is 29.8 Å². The van der Waals surface area contributed by atoms with Gasteiger partial charge in [0.2, 0.25) is 11.8 Å². The van der Waals surface area contributed by atoms with Crippen LogP contribution in [0.3, 0.4) is 0 Å². The first-order valence-corrected chi connectivity index (χ1v) is 14.5. The van der Waals surface area contributed by atoms with Crippen molar-refractivity contribution in [2.75, 3.05) is 45.7 Å². The number of hydrogen-bond acceptors (Lipinski definition) is 7. The van der Waals surface area contributed by atoms with Crippen LogP contribution in [0.2, 0.25) is 0 Å². The lowest BCUT2D eigenvalue weighted by Gasteiger charge is -2.54. The van der Waals surface area contributed by atoms with E-state index in [9.17, 15) is 19.5 Å². The summed E-state index contributed by atoms with van der Waals surface area (Å²) in [7, 11) is 5.56. The number of aromatic nitrogens is 1. The molecule has 11 heteroatoms. The Kier molecular flexibility index (Phi) is 8.63. The van der Waals surface area contributed by atoms with Gasteiger partial charge in [0.15, 0.2) is 0 Å². The predicted octanol–water partition coefficient (Wildman–Crippen LogP) is 2.41. The number of carbonyl (C=O) groups excluding carboxylic acids is 3. The Balaban J connectivity index is 1.45. The van der Waals surface area contributed by atoms with Gasteiger partial charge in [-0.3, -0.25) is 9.59 Å². The fourth-order valence-electron chi connectivity index (χ4n) is 6.37. The van der Waals surface area contributed by atoms with E-state index in [0.29, 0.717) is 19.0 Å². The number of hydrazine groups is 1. The molecule has 1 aliphatic carbocycles. The van der Waals surface area contributed by atoms with Gasteiger partial charge in [-0.05, 0) is 42.5 Å². The van der Waals surface area contributed by atoms with Crippen molar-refractivity contribution in [1.82, 2.24) is 30.1 Å². The summed E-state index contributed by atoms with van der Waals surface area (Å²) in [6, 6.07) is 9.42. The molecule has 220 valence electrons. The Morgan fingerprint density at radius 1 is 1.10 bits per heavy atom. The number of nitrogens with one attached hydrogen (secondary N) is 1. The molecule has 1 unspecified atom stereocenters. The molecule has 3 aliphatic rings. The minimum absolute atomic E-state index is 0.0000885. The molecule has 3 heterocycles. The molecule has 2 saturated heterocycles. The first kappa shape index (κ1) is 28.7. The van der Waals surface area contributed by atoms with Crippen LogP contribution in [-0.4, -0.2) is 101 Å². The van der Waals surface area contributed by atoms with E-state index < -0.39 is 12.2 Å². The lowest BCUT2D eigenvalue weighted by molar-refractivity contribution is -0.187. The third-order valence-electron chi connectivity index (χ3n) is 8.43. The van der Waals surface area contributed by atoms with Crippen molar-refractivity contribution in [2.45, 2.75) is 57.3 Å². The number of likely N-dealkylation sites (N-methyl/N-ethyl adjacent to an activating group) is 1. The highest BCUT2D eigenvalue weighted by Gasteiger charge is 2.50. The second-order valence-corrected chi connectivity index (χ2v) is 11.6. The number of anilines is 1. The maximum absolute atomic E-state index is 14.1. The van der Waals surface area contributed by atoms with Gasteiger partial charge in [-0.1, -0.05) is 37.5 Å². The highest BCUT2D eigenvalue weighted by Crippen LogP contribution is 2.30. The van der Waals surface area contributed by atoms with Crippen LogP contribution >= 0.6 is 0 Å². The highest BCUT2D eigenvalue weighted by atomic mass is 16.3. The molecule has 2 N–H and O–H groups in total. The highest BCUT2D eigenvalue weighted by molar-refractivity contribution is 5.91. The zero-order chi connectivity index (χ0) is 29.1. The average Bonchev–Trinajstić information content (AvgIpc) is 2.95. The Labute approximate surface area is 241 Å². The summed E-state index contributed by atoms with van der Waals surface area (Å²) in [5.74, 6) is 0.982. The van der Waals surface area contributed by atoms with Gasteiger partial charge in [-0.25, -0.2) is 19.8 Å². The normalized spacial score (nSPS) is 22.1. The number of urea groups is 1. The number of aromatic hydroxyl groups is 1. The van der Waals surface area contributed by atoms with Gasteiger partial charge >= 0.3 is 6.03 Å². The molecule has 2 aromatic rings. The van der Waals surface area contributed by atoms with Crippen molar-refractivity contribution in [1.29, 1.82) is 0 Å². The molecule has 11 nitrogen and oxygen atoms in total. The third kappa shape index (κ3) is 6.24. The van der Waals surface area contributed by atoms with Crippen LogP contribution in [0.4, 0.5) is 10.6 Å². The summed E-state index contributed by atoms with van der Waals surface area (Å²) in [6.07, 6.45) is 7.18. The molecule has 4 amide bonds. The van der Waals surface area contributed by atoms with Crippen LogP contribution in [0.1, 0.15) is 43.2 Å². The number of benzene rings is 1. The fraction of sp³-hybridized carbons (Fsp3) is 0.533. The number of piperazine rings is 1. The number of rotatable bonds is 7. The Bertz CT molecular complexity index is 1250. The zero-order valence-corrected chi connectivity index (χ0v) is 24.2. The lowest BCUT2D eigenvalue weighted by Crippen LogP contribution is -2.76. The van der Waals surface area contributed by atoms with Crippen LogP contribution < -0.4 is 10.2 Å². The van der Waals surface area contributed by atoms with Gasteiger partial charge in [0, 0.05) is 52.4 Å². The summed E-state index contributed by atoms with van der Waals surface area (Å²) < 4.78 is 0. The Morgan fingerprint density at radius 2 is 1.83 bits per heavy atom. The molecular formula is C30H41N7O4. The van der Waals surface area contributed by atoms with Gasteiger partial charge in [-0.2, -0.15) is 0 Å². The number of phenolic OH excluding ortho intramolecular Hbond substituents is 1. The minimum atomic E-state index is -0.799. The standard InChI is InChI=1S/C30H41N7O4/c1-33(2)28-23(10-7-15-31-28)18-35-19-26-36(25(29(35)40)16-21-11-13-24(38)14-12-21)27(39)20-34(3)37(26)30(41)32-17-22-8-5-4-6-9-22/h7,10-15,22,25-26,38H,4-6,8-9,16-20H2,1-3H3,(H,32,41)/t25-,26?/m0/s1. The Morgan fingerprint density at radius 3 is 2.54 bits per heavy atom. The molecule has 1 aromatic carbocycles. The van der Waals surface area contributed by atoms with E-state index in [2.05, 4.69) is 10.3 Å². The van der Waals surface area contributed by atoms with Crippen LogP contribution in [-0.2, 0) is 22.6 Å². The van der Waals surface area contributed by atoms with Crippen molar-refractivity contribution in [3.63, 3.8) is 0 Å². The summed E-state index contributed by atoms with van der Waals surface area (Å²) in [6.45, 7) is 1.08. The molecule has 5 rings (SSSR count). The Hall–Kier alpha value is -3.86. The summed E-state index contributed by atoms with van der Waals surface area (Å²) in [5, 5.41) is 16.2. The first-order chi connectivity index (χ1) is 19.7. The molecule has 3 fully saturated rings. The van der Waals surface area contributed by atoms with E-state index in [-0.39, 0.29) is 43.1 Å². The van der Waals surface area contributed by atoms with Crippen LogP contribution in [0, 0.1) is 5.92 Å². The van der Waals surface area contributed by atoms with Gasteiger partial charge in [-0.15, -0.1) is 0 Å². The SMILES string of the molecule is CN(C)c1ncccc1CN1CC2N(C(=O)CN(C)N2C(=O)NCC2CCCCC2)[C@@H](Cc2ccc(O)cc2)C1=O. The molecule has 0 radical (unpaired) electrons. The van der Waals surface area contributed by atoms with Crippen molar-refractivity contribution < 1.29 is 19.5 Å². The van der Waals surface area contributed by atoms with Gasteiger partial charge in [0.05, 0.1) is 13.1 Å². The molecule has 2 atom stereocenters. The fourth-order valence-corrected chi connectivity index (χ4v) is 6.37. The monoisotopic (exact) mass is 563 g/mol. The molecular weight excluding hydrogens is 522 g/mol. The van der Waals surface area contributed by atoms with Crippen molar-refractivity contribution in [3.8, 4) is 5.75 Å². The number of pyridine rings is 1. The maximum Gasteiger partial charge on any atom is 0.333 e. The molecule has 1 aromatic heterocycles. The average molecular weight is 564 g/mol. The van der Waals surface area contributed by atoms with Crippen LogP contribution in [0.25, 0.3) is 0 Å². The van der Waals surface area contributed by atoms with Gasteiger partial charge in [0.25, 0.3) is 0 Å². The molecule has 1 saturated carbocycles. The minimum Gasteiger partial charge on any atom is -0.508 e. The largest absolute Gasteiger partial charge is 0.508 e. The van der Waals surface area contributed by atoms with Crippen molar-refractivity contribution in [3.05, 3.63) is 53.7 Å². The summed E-state index contributed by atoms with van der Waals surface area (Å²) >= 11 is 0. The maximum atomic E-state index is 14.1. The van der Waals surface area contributed by atoms with E-state index >= 15 is 0 Å². The van der Waals surface area contributed by atoms with E-state index in [1.807, 2.05) is 31.1 Å².